The van der Waals surface area contributed by atoms with E-state index in [9.17, 15) is 9.90 Å². The number of anilines is 1. The van der Waals surface area contributed by atoms with Gasteiger partial charge in [0.15, 0.2) is 0 Å². The summed E-state index contributed by atoms with van der Waals surface area (Å²) < 4.78 is 0. The molecule has 0 fully saturated rings. The van der Waals surface area contributed by atoms with Crippen molar-refractivity contribution in [3.63, 3.8) is 0 Å². The zero-order valence-electron chi connectivity index (χ0n) is 11.1. The fourth-order valence-corrected chi connectivity index (χ4v) is 3.14. The summed E-state index contributed by atoms with van der Waals surface area (Å²) in [4.78, 5) is 12.8. The van der Waals surface area contributed by atoms with Crippen molar-refractivity contribution in [3.8, 4) is 0 Å². The number of hydrogen-bond donors (Lipinski definition) is 2. The minimum Gasteiger partial charge on any atom is -0.478 e. The molecular formula is C15H14ClNO2S. The minimum absolute atomic E-state index is 0.123. The highest BCUT2D eigenvalue weighted by Gasteiger charge is 2.16. The molecule has 20 heavy (non-hydrogen) atoms. The van der Waals surface area contributed by atoms with Crippen LogP contribution in [-0.2, 0) is 0 Å². The fourth-order valence-electron chi connectivity index (χ4n) is 1.77. The molecule has 0 unspecified atom stereocenters. The molecule has 0 aliphatic heterocycles. The van der Waals surface area contributed by atoms with Gasteiger partial charge in [-0.3, -0.25) is 0 Å². The van der Waals surface area contributed by atoms with Gasteiger partial charge in [0, 0.05) is 15.5 Å². The first-order valence-corrected chi connectivity index (χ1v) is 7.15. The van der Waals surface area contributed by atoms with E-state index in [0.29, 0.717) is 15.6 Å². The molecule has 2 aromatic carbocycles. The maximum absolute atomic E-state index is 11.3. The summed E-state index contributed by atoms with van der Waals surface area (Å²) in [5, 5.41) is 9.62. The van der Waals surface area contributed by atoms with E-state index in [0.717, 1.165) is 10.5 Å². The molecule has 3 N–H and O–H groups in total. The molecule has 0 bridgehead atoms. The van der Waals surface area contributed by atoms with Gasteiger partial charge >= 0.3 is 5.97 Å². The molecule has 104 valence electrons. The van der Waals surface area contributed by atoms with E-state index in [2.05, 4.69) is 0 Å². The zero-order valence-corrected chi connectivity index (χ0v) is 12.7. The zero-order chi connectivity index (χ0) is 14.9. The molecule has 0 aliphatic rings. The van der Waals surface area contributed by atoms with Crippen LogP contribution in [-0.4, -0.2) is 11.1 Å². The summed E-state index contributed by atoms with van der Waals surface area (Å²) in [6, 6.07) is 8.96. The van der Waals surface area contributed by atoms with E-state index in [1.807, 2.05) is 32.0 Å². The summed E-state index contributed by atoms with van der Waals surface area (Å²) in [7, 11) is 0. The molecular weight excluding hydrogens is 294 g/mol. The van der Waals surface area contributed by atoms with E-state index in [1.54, 1.807) is 6.07 Å². The highest BCUT2D eigenvalue weighted by Crippen LogP contribution is 2.38. The number of rotatable bonds is 3. The second-order valence-corrected chi connectivity index (χ2v) is 6.02. The lowest BCUT2D eigenvalue weighted by Gasteiger charge is -2.10. The Labute approximate surface area is 126 Å². The van der Waals surface area contributed by atoms with Crippen LogP contribution < -0.4 is 5.73 Å². The van der Waals surface area contributed by atoms with Gasteiger partial charge in [-0.05, 0) is 49.2 Å². The van der Waals surface area contributed by atoms with Gasteiger partial charge in [0.05, 0.1) is 10.6 Å². The molecule has 0 spiro atoms. The van der Waals surface area contributed by atoms with Crippen molar-refractivity contribution < 1.29 is 9.90 Å². The molecule has 2 rings (SSSR count). The standard InChI is InChI=1S/C15H14ClNO2S/c1-8-3-4-11(5-9(8)2)20-14-12(15(18)19)6-10(17)7-13(14)16/h3-7H,17H2,1-2H3,(H,18,19). The monoisotopic (exact) mass is 307 g/mol. The number of halogens is 1. The molecule has 0 heterocycles. The second kappa shape index (κ2) is 5.77. The molecule has 5 heteroatoms. The number of hydrogen-bond acceptors (Lipinski definition) is 3. The molecule has 0 saturated carbocycles. The first-order valence-electron chi connectivity index (χ1n) is 5.96. The van der Waals surface area contributed by atoms with Crippen LogP contribution in [0.1, 0.15) is 21.5 Å². The van der Waals surface area contributed by atoms with Crippen LogP contribution in [0, 0.1) is 13.8 Å². The Kier molecular flexibility index (Phi) is 4.26. The number of nitrogens with two attached hydrogens (primary N) is 1. The van der Waals surface area contributed by atoms with Crippen molar-refractivity contribution in [2.24, 2.45) is 0 Å². The van der Waals surface area contributed by atoms with Gasteiger partial charge in [-0.2, -0.15) is 0 Å². The molecule has 0 amide bonds. The van der Waals surface area contributed by atoms with E-state index in [1.165, 1.54) is 23.4 Å². The normalized spacial score (nSPS) is 10.6. The topological polar surface area (TPSA) is 63.3 Å². The predicted octanol–water partition coefficient (Wildman–Crippen LogP) is 4.39. The van der Waals surface area contributed by atoms with Gasteiger partial charge in [0.1, 0.15) is 0 Å². The lowest BCUT2D eigenvalue weighted by Crippen LogP contribution is -2.01. The van der Waals surface area contributed by atoms with E-state index in [-0.39, 0.29) is 5.56 Å². The van der Waals surface area contributed by atoms with Crippen LogP contribution in [0.3, 0.4) is 0 Å². The molecule has 0 aliphatic carbocycles. The van der Waals surface area contributed by atoms with Gasteiger partial charge in [-0.1, -0.05) is 29.4 Å². The Bertz CT molecular complexity index is 686. The summed E-state index contributed by atoms with van der Waals surface area (Å²) in [5.74, 6) is -1.04. The number of benzene rings is 2. The first-order chi connectivity index (χ1) is 9.38. The van der Waals surface area contributed by atoms with Crippen LogP contribution >= 0.6 is 23.4 Å². The third-order valence-electron chi connectivity index (χ3n) is 2.99. The van der Waals surface area contributed by atoms with Gasteiger partial charge < -0.3 is 10.8 Å². The number of aryl methyl sites for hydroxylation is 2. The Morgan fingerprint density at radius 2 is 1.90 bits per heavy atom. The van der Waals surface area contributed by atoms with Crippen LogP contribution in [0.2, 0.25) is 5.02 Å². The number of aromatic carboxylic acids is 1. The van der Waals surface area contributed by atoms with E-state index in [4.69, 9.17) is 17.3 Å². The molecule has 0 aromatic heterocycles. The Morgan fingerprint density at radius 1 is 1.20 bits per heavy atom. The smallest absolute Gasteiger partial charge is 0.336 e. The third-order valence-corrected chi connectivity index (χ3v) is 4.54. The van der Waals surface area contributed by atoms with Crippen molar-refractivity contribution >= 4 is 35.0 Å². The third kappa shape index (κ3) is 3.08. The van der Waals surface area contributed by atoms with Crippen molar-refractivity contribution in [2.45, 2.75) is 23.6 Å². The van der Waals surface area contributed by atoms with Gasteiger partial charge in [-0.15, -0.1) is 0 Å². The Hall–Kier alpha value is -1.65. The maximum atomic E-state index is 11.3. The predicted molar refractivity (Wildman–Crippen MR) is 82.9 cm³/mol. The number of nitrogen functional groups attached to an aromatic ring is 1. The summed E-state index contributed by atoms with van der Waals surface area (Å²) >= 11 is 7.47. The molecule has 0 radical (unpaired) electrons. The first kappa shape index (κ1) is 14.8. The molecule has 2 aromatic rings. The molecule has 0 saturated heterocycles. The Morgan fingerprint density at radius 3 is 2.50 bits per heavy atom. The Balaban J connectivity index is 2.47. The summed E-state index contributed by atoms with van der Waals surface area (Å²) in [6.45, 7) is 4.05. The second-order valence-electron chi connectivity index (χ2n) is 4.53. The van der Waals surface area contributed by atoms with Crippen LogP contribution in [0.25, 0.3) is 0 Å². The SMILES string of the molecule is Cc1ccc(Sc2c(Cl)cc(N)cc2C(=O)O)cc1C. The quantitative estimate of drug-likeness (QED) is 0.826. The maximum Gasteiger partial charge on any atom is 0.336 e. The lowest BCUT2D eigenvalue weighted by molar-refractivity contribution is 0.0693. The minimum atomic E-state index is -1.04. The number of carbonyl (C=O) groups is 1. The van der Waals surface area contributed by atoms with Crippen molar-refractivity contribution in [3.05, 3.63) is 52.0 Å². The average Bonchev–Trinajstić information content (AvgIpc) is 2.36. The summed E-state index contributed by atoms with van der Waals surface area (Å²) in [5.41, 5.74) is 8.46. The largest absolute Gasteiger partial charge is 0.478 e. The van der Waals surface area contributed by atoms with Crippen LogP contribution in [0.5, 0.6) is 0 Å². The summed E-state index contributed by atoms with van der Waals surface area (Å²) in [6.07, 6.45) is 0. The average molecular weight is 308 g/mol. The fraction of sp³-hybridized carbons (Fsp3) is 0.133. The van der Waals surface area contributed by atoms with E-state index >= 15 is 0 Å². The highest BCUT2D eigenvalue weighted by atomic mass is 35.5. The van der Waals surface area contributed by atoms with Crippen LogP contribution in [0.15, 0.2) is 40.1 Å². The number of carboxylic acids is 1. The lowest BCUT2D eigenvalue weighted by atomic mass is 10.1. The van der Waals surface area contributed by atoms with E-state index < -0.39 is 5.97 Å². The number of carboxylic acid groups (broad SMARTS) is 1. The van der Waals surface area contributed by atoms with Gasteiger partial charge in [0.2, 0.25) is 0 Å². The highest BCUT2D eigenvalue weighted by molar-refractivity contribution is 7.99. The molecule has 0 atom stereocenters. The van der Waals surface area contributed by atoms with Gasteiger partial charge in [-0.25, -0.2) is 4.79 Å². The van der Waals surface area contributed by atoms with Crippen molar-refractivity contribution in [2.75, 3.05) is 5.73 Å². The van der Waals surface area contributed by atoms with Crippen LogP contribution in [0.4, 0.5) is 5.69 Å². The van der Waals surface area contributed by atoms with Gasteiger partial charge in [0.25, 0.3) is 0 Å². The molecule has 3 nitrogen and oxygen atoms in total. The van der Waals surface area contributed by atoms with Crippen molar-refractivity contribution in [1.82, 2.24) is 0 Å². The van der Waals surface area contributed by atoms with Crippen molar-refractivity contribution in [1.29, 1.82) is 0 Å².